The zero-order valence-electron chi connectivity index (χ0n) is 12.3. The molecule has 0 atom stereocenters. The molecule has 131 valence electrons. The Hall–Kier alpha value is -2.00. The van der Waals surface area contributed by atoms with Gasteiger partial charge in [-0.05, 0) is 12.5 Å². The number of nitrogens with zero attached hydrogens (tertiary/aromatic N) is 2. The van der Waals surface area contributed by atoms with Crippen LogP contribution in [-0.2, 0) is 21.9 Å². The van der Waals surface area contributed by atoms with Gasteiger partial charge in [-0.1, -0.05) is 11.8 Å². The predicted octanol–water partition coefficient (Wildman–Crippen LogP) is -1.58. The molecule has 1 aromatic carbocycles. The second kappa shape index (κ2) is 13.6. The zero-order valence-corrected chi connectivity index (χ0v) is 13.3. The molecule has 0 spiro atoms. The van der Waals surface area contributed by atoms with E-state index in [1.807, 2.05) is 0 Å². The zero-order chi connectivity index (χ0) is 17.0. The molecule has 0 unspecified atom stereocenters. The molecular weight excluding hydrogens is 358 g/mol. The number of non-ortho nitro benzene ring substituents is 1. The summed E-state index contributed by atoms with van der Waals surface area (Å²) in [5, 5.41) is 42.3. The van der Waals surface area contributed by atoms with Crippen molar-refractivity contribution in [3.8, 4) is 5.75 Å². The molecule has 0 saturated heterocycles. The average Bonchev–Trinajstić information content (AvgIpc) is 2.43. The molecule has 1 aromatic rings. The van der Waals surface area contributed by atoms with Crippen molar-refractivity contribution in [1.29, 1.82) is 0 Å². The molecule has 0 bridgehead atoms. The van der Waals surface area contributed by atoms with Crippen molar-refractivity contribution >= 4 is 17.9 Å². The van der Waals surface area contributed by atoms with Crippen molar-refractivity contribution in [3.05, 3.63) is 33.9 Å². The number of aliphatic imine (C=N–C) groups is 1. The van der Waals surface area contributed by atoms with Crippen molar-refractivity contribution < 1.29 is 42.1 Å². The fourth-order valence-electron chi connectivity index (χ4n) is 1.26. The van der Waals surface area contributed by atoms with Crippen LogP contribution in [0.15, 0.2) is 23.2 Å². The van der Waals surface area contributed by atoms with E-state index in [4.69, 9.17) is 15.0 Å². The molecule has 1 rings (SSSR count). The predicted molar refractivity (Wildman–Crippen MR) is 75.6 cm³/mol. The Bertz CT molecular complexity index is 520. The average molecular weight is 375 g/mol. The molecule has 1 radical (unpaired) electrons. The number of nitrogens with one attached hydrogen (secondary N) is 1. The molecule has 0 aromatic heterocycles. The SMILES string of the molecule is CC(=O)[O-].O=[N+]([O-])c1ccc([O-])c(C=NCCNCCO)c1.[Cu+2]. The summed E-state index contributed by atoms with van der Waals surface area (Å²) in [7, 11) is 0. The minimum atomic E-state index is -1.08. The van der Waals surface area contributed by atoms with E-state index < -0.39 is 10.9 Å². The number of rotatable bonds is 7. The van der Waals surface area contributed by atoms with E-state index in [1.54, 1.807) is 0 Å². The number of aliphatic hydroxyl groups is 1. The number of nitro groups is 1. The second-order valence-corrected chi connectivity index (χ2v) is 3.98. The summed E-state index contributed by atoms with van der Waals surface area (Å²) < 4.78 is 0. The Labute approximate surface area is 143 Å². The number of aliphatic carboxylic acids is 1. The van der Waals surface area contributed by atoms with Gasteiger partial charge in [-0.3, -0.25) is 15.1 Å². The molecule has 0 amide bonds. The van der Waals surface area contributed by atoms with Gasteiger partial charge in [0.2, 0.25) is 0 Å². The quantitative estimate of drug-likeness (QED) is 0.192. The van der Waals surface area contributed by atoms with Crippen molar-refractivity contribution in [1.82, 2.24) is 5.32 Å². The third kappa shape index (κ3) is 12.2. The maximum Gasteiger partial charge on any atom is 2.00 e. The number of nitro benzene ring substituents is 1. The van der Waals surface area contributed by atoms with Crippen LogP contribution in [-0.4, -0.2) is 48.5 Å². The van der Waals surface area contributed by atoms with E-state index >= 15 is 0 Å². The van der Waals surface area contributed by atoms with Gasteiger partial charge in [0.15, 0.2) is 0 Å². The molecule has 23 heavy (non-hydrogen) atoms. The van der Waals surface area contributed by atoms with E-state index in [9.17, 15) is 15.2 Å². The molecule has 10 heteroatoms. The number of aliphatic hydroxyl groups excluding tert-OH is 1. The molecule has 0 heterocycles. The fourth-order valence-corrected chi connectivity index (χ4v) is 1.26. The maximum atomic E-state index is 11.4. The van der Waals surface area contributed by atoms with Crippen molar-refractivity contribution in [2.24, 2.45) is 4.99 Å². The van der Waals surface area contributed by atoms with Crippen LogP contribution < -0.4 is 15.5 Å². The van der Waals surface area contributed by atoms with Gasteiger partial charge in [0.1, 0.15) is 0 Å². The number of carbonyl (C=O) groups excluding carboxylic acids is 1. The monoisotopic (exact) mass is 374 g/mol. The third-order valence-corrected chi connectivity index (χ3v) is 2.14. The van der Waals surface area contributed by atoms with Gasteiger partial charge >= 0.3 is 17.1 Å². The first-order valence-corrected chi connectivity index (χ1v) is 6.33. The Morgan fingerprint density at radius 3 is 2.57 bits per heavy atom. The van der Waals surface area contributed by atoms with Crippen LogP contribution in [0.1, 0.15) is 12.5 Å². The largest absolute Gasteiger partial charge is 2.00 e. The first-order chi connectivity index (χ1) is 10.4. The normalized spacial score (nSPS) is 9.65. The first-order valence-electron chi connectivity index (χ1n) is 6.33. The molecule has 2 N–H and O–H groups in total. The van der Waals surface area contributed by atoms with Crippen LogP contribution in [0, 0.1) is 10.1 Å². The summed E-state index contributed by atoms with van der Waals surface area (Å²) in [6.45, 7) is 2.51. The second-order valence-electron chi connectivity index (χ2n) is 3.98. The standard InChI is InChI=1S/C11H15N3O4.C2H4O2.Cu/c15-6-5-12-3-4-13-8-9-7-10(14(17)18)1-2-11(9)16;1-2(3)4;/h1-2,7-8,12,15-16H,3-6H2;1H3,(H,3,4);/q;;+2/p-2. The van der Waals surface area contributed by atoms with Crippen molar-refractivity contribution in [2.75, 3.05) is 26.2 Å². The van der Waals surface area contributed by atoms with E-state index in [1.165, 1.54) is 18.3 Å². The van der Waals surface area contributed by atoms with Gasteiger partial charge in [-0.2, -0.15) is 0 Å². The summed E-state index contributed by atoms with van der Waals surface area (Å²) in [5.41, 5.74) is 0.0702. The molecule has 0 saturated carbocycles. The van der Waals surface area contributed by atoms with Crippen LogP contribution in [0.2, 0.25) is 0 Å². The van der Waals surface area contributed by atoms with Gasteiger partial charge in [0.25, 0.3) is 5.69 Å². The minimum Gasteiger partial charge on any atom is -0.872 e. The smallest absolute Gasteiger partial charge is 0.872 e. The molecule has 0 fully saturated rings. The molecule has 0 aliphatic carbocycles. The molecular formula is C13H17CuN3O6. The molecule has 9 nitrogen and oxygen atoms in total. The van der Waals surface area contributed by atoms with Crippen molar-refractivity contribution in [2.45, 2.75) is 6.92 Å². The van der Waals surface area contributed by atoms with Gasteiger partial charge in [-0.15, -0.1) is 0 Å². The summed E-state index contributed by atoms with van der Waals surface area (Å²) in [6.07, 6.45) is 1.33. The number of carboxylic acid groups (broad SMARTS) is 1. The Morgan fingerprint density at radius 1 is 1.43 bits per heavy atom. The van der Waals surface area contributed by atoms with Gasteiger partial charge in [-0.25, -0.2) is 0 Å². The van der Waals surface area contributed by atoms with Gasteiger partial charge in [0.05, 0.1) is 18.1 Å². The van der Waals surface area contributed by atoms with Crippen LogP contribution in [0.3, 0.4) is 0 Å². The maximum absolute atomic E-state index is 11.4. The number of hydrogen-bond acceptors (Lipinski definition) is 8. The van der Waals surface area contributed by atoms with Crippen LogP contribution in [0.25, 0.3) is 0 Å². The molecule has 0 aliphatic rings. The van der Waals surface area contributed by atoms with E-state index in [0.29, 0.717) is 19.6 Å². The topological polar surface area (TPSA) is 151 Å². The van der Waals surface area contributed by atoms with Crippen LogP contribution in [0.4, 0.5) is 5.69 Å². The number of hydrogen-bond donors (Lipinski definition) is 2. The van der Waals surface area contributed by atoms with E-state index in [0.717, 1.165) is 13.0 Å². The fraction of sp³-hybridized carbons (Fsp3) is 0.385. The third-order valence-electron chi connectivity index (χ3n) is 2.14. The summed E-state index contributed by atoms with van der Waals surface area (Å²) in [4.78, 5) is 22.9. The number of benzene rings is 1. The van der Waals surface area contributed by atoms with E-state index in [2.05, 4.69) is 10.3 Å². The summed E-state index contributed by atoms with van der Waals surface area (Å²) >= 11 is 0. The Balaban J connectivity index is 0. The van der Waals surface area contributed by atoms with Crippen LogP contribution in [0.5, 0.6) is 5.75 Å². The van der Waals surface area contributed by atoms with Crippen LogP contribution >= 0.6 is 0 Å². The van der Waals surface area contributed by atoms with Gasteiger partial charge in [0, 0.05) is 37.4 Å². The van der Waals surface area contributed by atoms with Crippen molar-refractivity contribution in [3.63, 3.8) is 0 Å². The first kappa shape index (κ1) is 23.3. The van der Waals surface area contributed by atoms with E-state index in [-0.39, 0.29) is 40.7 Å². The molecule has 0 aliphatic heterocycles. The number of carbonyl (C=O) groups is 1. The minimum absolute atomic E-state index is 0. The Kier molecular flexibility index (Phi) is 13.8. The summed E-state index contributed by atoms with van der Waals surface area (Å²) in [5.74, 6) is -1.38. The Morgan fingerprint density at radius 2 is 2.04 bits per heavy atom. The van der Waals surface area contributed by atoms with Gasteiger partial charge < -0.3 is 25.4 Å². The number of carboxylic acids is 1. The summed E-state index contributed by atoms with van der Waals surface area (Å²) in [6, 6.07) is 3.53.